The van der Waals surface area contributed by atoms with E-state index in [1.54, 1.807) is 0 Å². The molecule has 0 radical (unpaired) electrons. The summed E-state index contributed by atoms with van der Waals surface area (Å²) in [6, 6.07) is 10.2. The maximum atomic E-state index is 4.03. The fraction of sp³-hybridized carbons (Fsp3) is 0.463. The first-order chi connectivity index (χ1) is 21.6. The number of nitrogens with one attached hydrogen (secondary N) is 4. The molecule has 1 aromatic carbocycles. The second-order valence-electron chi connectivity index (χ2n) is 11.8. The highest BCUT2D eigenvalue weighted by Gasteiger charge is 2.09. The summed E-state index contributed by atoms with van der Waals surface area (Å²) in [4.78, 5) is 0. The van der Waals surface area contributed by atoms with Gasteiger partial charge < -0.3 is 21.3 Å². The zero-order chi connectivity index (χ0) is 34.1. The number of rotatable bonds is 16. The molecule has 1 aliphatic rings. The normalized spacial score (nSPS) is 12.9. The number of allylic oxidation sites excluding steroid dienone is 5. The molecule has 45 heavy (non-hydrogen) atoms. The van der Waals surface area contributed by atoms with E-state index in [0.29, 0.717) is 6.54 Å². The van der Waals surface area contributed by atoms with E-state index >= 15 is 0 Å². The summed E-state index contributed by atoms with van der Waals surface area (Å²) in [7, 11) is 0. The number of hydrogen-bond donors (Lipinski definition) is 4. The van der Waals surface area contributed by atoms with Crippen LogP contribution in [0.1, 0.15) is 92.6 Å². The Labute approximate surface area is 279 Å². The summed E-state index contributed by atoms with van der Waals surface area (Å²) in [5.41, 5.74) is 4.95. The molecule has 0 amide bonds. The molecule has 4 nitrogen and oxygen atoms in total. The lowest BCUT2D eigenvalue weighted by molar-refractivity contribution is 0.419. The molecule has 0 bridgehead atoms. The van der Waals surface area contributed by atoms with Crippen LogP contribution in [0.4, 0.5) is 0 Å². The predicted octanol–water partition coefficient (Wildman–Crippen LogP) is 10.5. The Morgan fingerprint density at radius 2 is 1.18 bits per heavy atom. The highest BCUT2D eigenvalue weighted by Crippen LogP contribution is 2.24. The van der Waals surface area contributed by atoms with Crippen molar-refractivity contribution in [3.8, 4) is 0 Å². The van der Waals surface area contributed by atoms with Crippen LogP contribution in [0.2, 0.25) is 0 Å². The van der Waals surface area contributed by atoms with Crippen molar-refractivity contribution in [2.24, 2.45) is 11.8 Å². The zero-order valence-corrected chi connectivity index (χ0v) is 30.1. The Morgan fingerprint density at radius 1 is 0.733 bits per heavy atom. The van der Waals surface area contributed by atoms with E-state index in [4.69, 9.17) is 0 Å². The van der Waals surface area contributed by atoms with Crippen LogP contribution >= 0.6 is 0 Å². The third-order valence-corrected chi connectivity index (χ3v) is 5.96. The summed E-state index contributed by atoms with van der Waals surface area (Å²) >= 11 is 0. The van der Waals surface area contributed by atoms with Crippen LogP contribution in [0.15, 0.2) is 122 Å². The smallest absolute Gasteiger partial charge is 0.0541 e. The van der Waals surface area contributed by atoms with Gasteiger partial charge in [0.25, 0.3) is 0 Å². The molecule has 0 unspecified atom stereocenters. The van der Waals surface area contributed by atoms with Gasteiger partial charge in [0.1, 0.15) is 0 Å². The van der Waals surface area contributed by atoms with E-state index < -0.39 is 0 Å². The molecule has 0 heterocycles. The van der Waals surface area contributed by atoms with Crippen molar-refractivity contribution < 1.29 is 0 Å². The molecule has 4 heteroatoms. The van der Waals surface area contributed by atoms with Gasteiger partial charge in [-0.15, -0.1) is 0 Å². The van der Waals surface area contributed by atoms with E-state index in [9.17, 15) is 0 Å². The van der Waals surface area contributed by atoms with Crippen LogP contribution in [-0.4, -0.2) is 26.2 Å². The van der Waals surface area contributed by atoms with E-state index in [1.807, 2.05) is 56.4 Å². The molecule has 1 aromatic rings. The molecule has 252 valence electrons. The van der Waals surface area contributed by atoms with Gasteiger partial charge in [-0.1, -0.05) is 153 Å². The highest BCUT2D eigenvalue weighted by molar-refractivity contribution is 5.52. The van der Waals surface area contributed by atoms with E-state index in [-0.39, 0.29) is 0 Å². The summed E-state index contributed by atoms with van der Waals surface area (Å²) in [5.74, 6) is 1.59. The minimum absolute atomic E-state index is 0.676. The standard InChI is InChI=1S/C17H28N2.C17H22N2.C4H10.C3H8/c2*1-4-5-13-18-16(3)14-19-15(2)11-12-17-9-7-6-8-10-17;1-4(2)3;1-3-2/h4-5,11-12,17-19H,2-3,6-10,13-14H2,1H3;4-12,18-19H,2-3,13-14H2,1H3;4H,1-3H3;3H2,1-2H3/b2*5-4+,12-11+;;. The molecular formula is C41H68N4. The first kappa shape index (κ1) is 43.5. The second-order valence-corrected chi connectivity index (χ2v) is 11.8. The molecule has 0 spiro atoms. The van der Waals surface area contributed by atoms with Gasteiger partial charge in [0.15, 0.2) is 0 Å². The lowest BCUT2D eigenvalue weighted by Crippen LogP contribution is -2.23. The minimum atomic E-state index is 0.676. The van der Waals surface area contributed by atoms with Gasteiger partial charge in [-0.3, -0.25) is 0 Å². The molecule has 0 saturated heterocycles. The largest absolute Gasteiger partial charge is 0.384 e. The van der Waals surface area contributed by atoms with E-state index in [0.717, 1.165) is 59.8 Å². The van der Waals surface area contributed by atoms with Gasteiger partial charge in [0.05, 0.1) is 13.1 Å². The Morgan fingerprint density at radius 3 is 1.62 bits per heavy atom. The maximum Gasteiger partial charge on any atom is 0.0541 e. The number of benzene rings is 1. The first-order valence-electron chi connectivity index (χ1n) is 16.9. The van der Waals surface area contributed by atoms with Crippen LogP contribution in [-0.2, 0) is 0 Å². The summed E-state index contributed by atoms with van der Waals surface area (Å²) in [6.07, 6.45) is 24.7. The fourth-order valence-corrected chi connectivity index (χ4v) is 3.67. The van der Waals surface area contributed by atoms with Gasteiger partial charge in [-0.05, 0) is 56.2 Å². The van der Waals surface area contributed by atoms with Crippen molar-refractivity contribution >= 4 is 6.08 Å². The molecular weight excluding hydrogens is 548 g/mol. The molecule has 2 rings (SSSR count). The maximum absolute atomic E-state index is 4.03. The van der Waals surface area contributed by atoms with Crippen molar-refractivity contribution in [3.63, 3.8) is 0 Å². The fourth-order valence-electron chi connectivity index (χ4n) is 3.67. The Bertz CT molecular complexity index is 1000. The van der Waals surface area contributed by atoms with Crippen molar-refractivity contribution in [1.82, 2.24) is 21.3 Å². The molecule has 0 aliphatic heterocycles. The summed E-state index contributed by atoms with van der Waals surface area (Å²) in [5, 5.41) is 12.9. The van der Waals surface area contributed by atoms with Gasteiger partial charge >= 0.3 is 0 Å². The molecule has 4 N–H and O–H groups in total. The van der Waals surface area contributed by atoms with Crippen molar-refractivity contribution in [1.29, 1.82) is 0 Å². The summed E-state index contributed by atoms with van der Waals surface area (Å²) in [6.45, 7) is 33.7. The number of hydrogen-bond acceptors (Lipinski definition) is 4. The van der Waals surface area contributed by atoms with Crippen molar-refractivity contribution in [3.05, 3.63) is 128 Å². The minimum Gasteiger partial charge on any atom is -0.384 e. The average Bonchev–Trinajstić information content (AvgIpc) is 3.02. The van der Waals surface area contributed by atoms with Crippen LogP contribution in [0.5, 0.6) is 0 Å². The Hall–Kier alpha value is -3.66. The lowest BCUT2D eigenvalue weighted by atomic mass is 9.89. The van der Waals surface area contributed by atoms with Crippen LogP contribution < -0.4 is 21.3 Å². The van der Waals surface area contributed by atoms with Crippen molar-refractivity contribution in [2.45, 2.75) is 87.0 Å². The quantitative estimate of drug-likeness (QED) is 0.110. The van der Waals surface area contributed by atoms with Crippen LogP contribution in [0, 0.1) is 11.8 Å². The predicted molar refractivity (Wildman–Crippen MR) is 206 cm³/mol. The van der Waals surface area contributed by atoms with Gasteiger partial charge in [-0.25, -0.2) is 0 Å². The first-order valence-corrected chi connectivity index (χ1v) is 16.9. The zero-order valence-electron chi connectivity index (χ0n) is 30.1. The van der Waals surface area contributed by atoms with Gasteiger partial charge in [0.2, 0.25) is 0 Å². The molecule has 0 aromatic heterocycles. The van der Waals surface area contributed by atoms with E-state index in [2.05, 4.69) is 119 Å². The molecule has 1 saturated carbocycles. The van der Waals surface area contributed by atoms with Gasteiger partial charge in [-0.2, -0.15) is 0 Å². The average molecular weight is 617 g/mol. The molecule has 1 aliphatic carbocycles. The van der Waals surface area contributed by atoms with E-state index in [1.165, 1.54) is 38.5 Å². The monoisotopic (exact) mass is 617 g/mol. The van der Waals surface area contributed by atoms with Gasteiger partial charge in [0, 0.05) is 35.9 Å². The Balaban J connectivity index is 0. The Kier molecular flexibility index (Phi) is 30.7. The van der Waals surface area contributed by atoms with Crippen LogP contribution in [0.3, 0.4) is 0 Å². The topological polar surface area (TPSA) is 48.1 Å². The third kappa shape index (κ3) is 33.1. The summed E-state index contributed by atoms with van der Waals surface area (Å²) < 4.78 is 0. The van der Waals surface area contributed by atoms with Crippen LogP contribution in [0.25, 0.3) is 6.08 Å². The highest BCUT2D eigenvalue weighted by atomic mass is 15.0. The van der Waals surface area contributed by atoms with Crippen molar-refractivity contribution in [2.75, 3.05) is 26.2 Å². The third-order valence-electron chi connectivity index (χ3n) is 5.96. The molecule has 1 fully saturated rings. The second kappa shape index (κ2) is 31.8. The SMILES string of the molecule is C=C(/C=C/C1CCCCC1)NCC(=C)NC/C=C/C.C=C(/C=C/c1ccccc1)NCC(=C)NC/C=C/C.CC(C)C.CCC. The molecule has 0 atom stereocenters. The lowest BCUT2D eigenvalue weighted by Gasteiger charge is -2.18.